The molecule has 0 spiro atoms. The van der Waals surface area contributed by atoms with E-state index in [1.807, 2.05) is 37.3 Å². The third-order valence-electron chi connectivity index (χ3n) is 2.91. The number of benzene rings is 1. The Hall–Kier alpha value is -2.08. The summed E-state index contributed by atoms with van der Waals surface area (Å²) in [6.07, 6.45) is 0. The predicted molar refractivity (Wildman–Crippen MR) is 92.7 cm³/mol. The van der Waals surface area contributed by atoms with Gasteiger partial charge in [0.15, 0.2) is 10.9 Å². The fourth-order valence-corrected chi connectivity index (χ4v) is 1.99. The zero-order valence-corrected chi connectivity index (χ0v) is 14.1. The molecule has 6 heteroatoms. The predicted octanol–water partition coefficient (Wildman–Crippen LogP) is 4.18. The molecule has 1 aromatic carbocycles. The molecule has 0 radical (unpaired) electrons. The summed E-state index contributed by atoms with van der Waals surface area (Å²) in [6, 6.07) is 9.45. The number of aromatic nitrogens is 1. The molecule has 0 amide bonds. The first-order chi connectivity index (χ1) is 10.4. The summed E-state index contributed by atoms with van der Waals surface area (Å²) in [6.45, 7) is 8.79. The molecule has 2 aromatic rings. The molecule has 0 aliphatic heterocycles. The molecule has 0 aliphatic rings. The molecular weight excluding hydrogens is 298 g/mol. The van der Waals surface area contributed by atoms with Gasteiger partial charge in [-0.3, -0.25) is 0 Å². The lowest BCUT2D eigenvalue weighted by atomic mass is 9.93. The van der Waals surface area contributed by atoms with Gasteiger partial charge in [0.25, 0.3) is 0 Å². The van der Waals surface area contributed by atoms with Crippen molar-refractivity contribution in [2.45, 2.75) is 33.1 Å². The molecule has 0 aliphatic carbocycles. The van der Waals surface area contributed by atoms with Crippen molar-refractivity contribution in [3.8, 4) is 5.75 Å². The first kappa shape index (κ1) is 16.3. The van der Waals surface area contributed by atoms with E-state index in [9.17, 15) is 0 Å². The third-order valence-corrected chi connectivity index (χ3v) is 3.12. The van der Waals surface area contributed by atoms with Crippen LogP contribution in [0.1, 0.15) is 33.5 Å². The van der Waals surface area contributed by atoms with E-state index in [1.165, 1.54) is 0 Å². The van der Waals surface area contributed by atoms with Crippen LogP contribution >= 0.6 is 12.2 Å². The van der Waals surface area contributed by atoms with Crippen LogP contribution in [-0.2, 0) is 5.41 Å². The van der Waals surface area contributed by atoms with E-state index >= 15 is 0 Å². The Balaban J connectivity index is 1.94. The van der Waals surface area contributed by atoms with Crippen LogP contribution in [0.5, 0.6) is 5.75 Å². The SMILES string of the molecule is CCOc1ccc(NC(=S)Nc2cc(C(C)(C)C)on2)cc1. The summed E-state index contributed by atoms with van der Waals surface area (Å²) in [5.74, 6) is 2.23. The smallest absolute Gasteiger partial charge is 0.176 e. The van der Waals surface area contributed by atoms with E-state index in [0.717, 1.165) is 17.2 Å². The van der Waals surface area contributed by atoms with Crippen molar-refractivity contribution in [3.05, 3.63) is 36.1 Å². The number of ether oxygens (including phenoxy) is 1. The summed E-state index contributed by atoms with van der Waals surface area (Å²) in [4.78, 5) is 0. The van der Waals surface area contributed by atoms with Crippen LogP contribution in [0.25, 0.3) is 0 Å². The molecule has 0 fully saturated rings. The summed E-state index contributed by atoms with van der Waals surface area (Å²) in [5.41, 5.74) is 0.789. The number of hydrogen-bond donors (Lipinski definition) is 2. The zero-order valence-electron chi connectivity index (χ0n) is 13.3. The Kier molecular flexibility index (Phi) is 5.03. The number of rotatable bonds is 4. The number of thiocarbonyl (C=S) groups is 1. The minimum atomic E-state index is -0.0862. The van der Waals surface area contributed by atoms with Crippen molar-refractivity contribution in [1.82, 2.24) is 5.16 Å². The van der Waals surface area contributed by atoms with Crippen LogP contribution in [0.2, 0.25) is 0 Å². The Morgan fingerprint density at radius 1 is 1.23 bits per heavy atom. The molecule has 22 heavy (non-hydrogen) atoms. The Labute approximate surface area is 136 Å². The fraction of sp³-hybridized carbons (Fsp3) is 0.375. The minimum Gasteiger partial charge on any atom is -0.494 e. The van der Waals surface area contributed by atoms with E-state index < -0.39 is 0 Å². The summed E-state index contributed by atoms with van der Waals surface area (Å²) >= 11 is 5.27. The van der Waals surface area contributed by atoms with Crippen molar-refractivity contribution in [3.63, 3.8) is 0 Å². The largest absolute Gasteiger partial charge is 0.494 e. The molecule has 1 heterocycles. The first-order valence-electron chi connectivity index (χ1n) is 7.16. The van der Waals surface area contributed by atoms with Crippen LogP contribution in [0.15, 0.2) is 34.9 Å². The highest BCUT2D eigenvalue weighted by Crippen LogP contribution is 2.24. The number of anilines is 2. The van der Waals surface area contributed by atoms with Gasteiger partial charge in [-0.2, -0.15) is 0 Å². The van der Waals surface area contributed by atoms with E-state index in [1.54, 1.807) is 0 Å². The number of nitrogens with one attached hydrogen (secondary N) is 2. The Morgan fingerprint density at radius 2 is 1.91 bits per heavy atom. The maximum absolute atomic E-state index is 5.40. The molecule has 0 saturated heterocycles. The van der Waals surface area contributed by atoms with E-state index in [2.05, 4.69) is 36.6 Å². The third kappa shape index (κ3) is 4.46. The second kappa shape index (κ2) is 6.79. The normalized spacial score (nSPS) is 11.1. The molecular formula is C16H21N3O2S. The topological polar surface area (TPSA) is 59.3 Å². The van der Waals surface area contributed by atoms with Crippen molar-refractivity contribution < 1.29 is 9.26 Å². The average Bonchev–Trinajstić information content (AvgIpc) is 2.89. The van der Waals surface area contributed by atoms with Crippen molar-refractivity contribution in [2.75, 3.05) is 17.2 Å². The maximum atomic E-state index is 5.40. The lowest BCUT2D eigenvalue weighted by Crippen LogP contribution is -2.19. The quantitative estimate of drug-likeness (QED) is 0.825. The van der Waals surface area contributed by atoms with Crippen LogP contribution in [0.4, 0.5) is 11.5 Å². The van der Waals surface area contributed by atoms with Gasteiger partial charge in [-0.15, -0.1) is 0 Å². The van der Waals surface area contributed by atoms with Gasteiger partial charge >= 0.3 is 0 Å². The molecule has 5 nitrogen and oxygen atoms in total. The molecule has 1 aromatic heterocycles. The highest BCUT2D eigenvalue weighted by Gasteiger charge is 2.19. The van der Waals surface area contributed by atoms with Crippen molar-refractivity contribution >= 4 is 28.8 Å². The van der Waals surface area contributed by atoms with Gasteiger partial charge in [0.1, 0.15) is 11.5 Å². The summed E-state index contributed by atoms with van der Waals surface area (Å²) < 4.78 is 10.7. The van der Waals surface area contributed by atoms with E-state index in [-0.39, 0.29) is 5.41 Å². The fourth-order valence-electron chi connectivity index (χ4n) is 1.77. The second-order valence-electron chi connectivity index (χ2n) is 5.86. The van der Waals surface area contributed by atoms with Crippen LogP contribution in [0.3, 0.4) is 0 Å². The van der Waals surface area contributed by atoms with Gasteiger partial charge < -0.3 is 19.9 Å². The van der Waals surface area contributed by atoms with Crippen LogP contribution in [0, 0.1) is 0 Å². The molecule has 2 rings (SSSR count). The van der Waals surface area contributed by atoms with Crippen LogP contribution < -0.4 is 15.4 Å². The Morgan fingerprint density at radius 3 is 2.45 bits per heavy atom. The van der Waals surface area contributed by atoms with Gasteiger partial charge in [-0.05, 0) is 43.4 Å². The first-order valence-corrected chi connectivity index (χ1v) is 7.57. The lowest BCUT2D eigenvalue weighted by Gasteiger charge is -2.12. The van der Waals surface area contributed by atoms with Crippen LogP contribution in [-0.4, -0.2) is 16.9 Å². The maximum Gasteiger partial charge on any atom is 0.176 e. The van der Waals surface area contributed by atoms with Gasteiger partial charge in [0.2, 0.25) is 0 Å². The molecule has 0 atom stereocenters. The van der Waals surface area contributed by atoms with Gasteiger partial charge in [-0.1, -0.05) is 25.9 Å². The summed E-state index contributed by atoms with van der Waals surface area (Å²) in [7, 11) is 0. The van der Waals surface area contributed by atoms with Crippen molar-refractivity contribution in [1.29, 1.82) is 0 Å². The lowest BCUT2D eigenvalue weighted by molar-refractivity contribution is 0.331. The minimum absolute atomic E-state index is 0.0862. The zero-order chi connectivity index (χ0) is 16.2. The molecule has 118 valence electrons. The number of nitrogens with zero attached hydrogens (tertiary/aromatic N) is 1. The standard InChI is InChI=1S/C16H21N3O2S/c1-5-20-12-8-6-11(7-9-12)17-15(22)18-14-10-13(21-19-14)16(2,3)4/h6-10H,5H2,1-4H3,(H2,17,18,19,22). The highest BCUT2D eigenvalue weighted by atomic mass is 32.1. The molecule has 2 N–H and O–H groups in total. The molecule has 0 unspecified atom stereocenters. The van der Waals surface area contributed by atoms with E-state index in [4.69, 9.17) is 21.5 Å². The number of hydrogen-bond acceptors (Lipinski definition) is 4. The summed E-state index contributed by atoms with van der Waals surface area (Å²) in [5, 5.41) is 10.5. The van der Waals surface area contributed by atoms with Gasteiger partial charge in [0, 0.05) is 17.2 Å². The van der Waals surface area contributed by atoms with Crippen molar-refractivity contribution in [2.24, 2.45) is 0 Å². The Bertz CT molecular complexity index is 630. The molecule has 0 saturated carbocycles. The second-order valence-corrected chi connectivity index (χ2v) is 6.27. The van der Waals surface area contributed by atoms with Gasteiger partial charge in [0.05, 0.1) is 6.61 Å². The average molecular weight is 319 g/mol. The molecule has 0 bridgehead atoms. The van der Waals surface area contributed by atoms with Gasteiger partial charge in [-0.25, -0.2) is 0 Å². The highest BCUT2D eigenvalue weighted by molar-refractivity contribution is 7.80. The van der Waals surface area contributed by atoms with E-state index in [0.29, 0.717) is 17.5 Å². The monoisotopic (exact) mass is 319 g/mol.